The van der Waals surface area contributed by atoms with E-state index in [4.69, 9.17) is 10.00 Å². The monoisotopic (exact) mass is 220 g/mol. The second-order valence-electron chi connectivity index (χ2n) is 5.49. The summed E-state index contributed by atoms with van der Waals surface area (Å²) in [4.78, 5) is 2.60. The second-order valence-corrected chi connectivity index (χ2v) is 5.49. The van der Waals surface area contributed by atoms with Crippen LogP contribution in [0, 0.1) is 23.2 Å². The first-order valence-electron chi connectivity index (χ1n) is 6.63. The molecule has 3 aliphatic heterocycles. The molecule has 0 aliphatic carbocycles. The van der Waals surface area contributed by atoms with E-state index < -0.39 is 0 Å². The number of nitrogens with zero attached hydrogens (tertiary/aromatic N) is 2. The van der Waals surface area contributed by atoms with Gasteiger partial charge < -0.3 is 9.64 Å². The molecular weight excluding hydrogens is 200 g/mol. The van der Waals surface area contributed by atoms with Gasteiger partial charge in [-0.3, -0.25) is 0 Å². The van der Waals surface area contributed by atoms with Gasteiger partial charge in [0.1, 0.15) is 0 Å². The van der Waals surface area contributed by atoms with E-state index >= 15 is 0 Å². The summed E-state index contributed by atoms with van der Waals surface area (Å²) >= 11 is 0. The number of likely N-dealkylation sites (tertiary alicyclic amines) is 1. The molecule has 3 aliphatic rings. The Morgan fingerprint density at radius 2 is 1.81 bits per heavy atom. The molecule has 0 saturated carbocycles. The van der Waals surface area contributed by atoms with Gasteiger partial charge in [-0.2, -0.15) is 5.26 Å². The molecule has 4 atom stereocenters. The van der Waals surface area contributed by atoms with E-state index in [9.17, 15) is 0 Å². The van der Waals surface area contributed by atoms with Crippen molar-refractivity contribution in [2.75, 3.05) is 19.6 Å². The maximum atomic E-state index is 8.49. The summed E-state index contributed by atoms with van der Waals surface area (Å²) in [6.45, 7) is 3.69. The fourth-order valence-corrected chi connectivity index (χ4v) is 3.77. The van der Waals surface area contributed by atoms with Gasteiger partial charge in [-0.15, -0.1) is 0 Å². The average molecular weight is 220 g/mol. The van der Waals surface area contributed by atoms with Gasteiger partial charge in [0.25, 0.3) is 0 Å². The van der Waals surface area contributed by atoms with Crippen LogP contribution in [0.3, 0.4) is 0 Å². The Kier molecular flexibility index (Phi) is 2.87. The number of unbranched alkanes of at least 4 members (excludes halogenated alkanes) is 2. The zero-order chi connectivity index (χ0) is 11.0. The largest absolute Gasteiger partial charge is 0.374 e. The molecule has 0 unspecified atom stereocenters. The third-order valence-corrected chi connectivity index (χ3v) is 4.54. The number of rotatable bonds is 4. The van der Waals surface area contributed by atoms with E-state index in [1.807, 2.05) is 0 Å². The molecule has 0 aromatic carbocycles. The molecule has 0 aromatic heterocycles. The van der Waals surface area contributed by atoms with Gasteiger partial charge in [-0.25, -0.2) is 0 Å². The zero-order valence-corrected chi connectivity index (χ0v) is 9.77. The van der Waals surface area contributed by atoms with Crippen molar-refractivity contribution >= 4 is 0 Å². The minimum absolute atomic E-state index is 0.583. The van der Waals surface area contributed by atoms with Gasteiger partial charge >= 0.3 is 0 Å². The number of hydrogen-bond donors (Lipinski definition) is 0. The molecule has 0 amide bonds. The third kappa shape index (κ3) is 1.74. The molecule has 0 aromatic rings. The van der Waals surface area contributed by atoms with Crippen LogP contribution in [0.1, 0.15) is 32.1 Å². The highest BCUT2D eigenvalue weighted by Gasteiger charge is 2.52. The first-order valence-corrected chi connectivity index (χ1v) is 6.63. The molecule has 0 radical (unpaired) electrons. The molecule has 3 rings (SSSR count). The lowest BCUT2D eigenvalue weighted by Crippen LogP contribution is -2.25. The summed E-state index contributed by atoms with van der Waals surface area (Å²) in [6, 6.07) is 2.22. The highest BCUT2D eigenvalue weighted by Crippen LogP contribution is 2.47. The minimum atomic E-state index is 0.583. The molecule has 88 valence electrons. The van der Waals surface area contributed by atoms with E-state index in [2.05, 4.69) is 11.0 Å². The predicted molar refractivity (Wildman–Crippen MR) is 60.8 cm³/mol. The van der Waals surface area contributed by atoms with Crippen molar-refractivity contribution in [2.45, 2.75) is 44.3 Å². The standard InChI is InChI=1S/C13H20N2O/c14-6-2-1-3-7-15-8-10-11(9-15)13-5-4-12(10)16-13/h10-13H,1-5,7-9H2/t10-,11-,12-,13-/m1/s1. The Balaban J connectivity index is 1.46. The summed E-state index contributed by atoms with van der Waals surface area (Å²) in [5, 5.41) is 8.49. The number of nitriles is 1. The summed E-state index contributed by atoms with van der Waals surface area (Å²) < 4.78 is 5.96. The van der Waals surface area contributed by atoms with Gasteiger partial charge in [0.15, 0.2) is 0 Å². The van der Waals surface area contributed by atoms with Crippen molar-refractivity contribution in [3.05, 3.63) is 0 Å². The lowest BCUT2D eigenvalue weighted by Gasteiger charge is -2.18. The normalized spacial score (nSPS) is 41.2. The molecule has 3 nitrogen and oxygen atoms in total. The fourth-order valence-electron chi connectivity index (χ4n) is 3.77. The number of fused-ring (bicyclic) bond motifs is 5. The van der Waals surface area contributed by atoms with Gasteiger partial charge in [0.05, 0.1) is 18.3 Å². The van der Waals surface area contributed by atoms with E-state index in [1.165, 1.54) is 38.9 Å². The topological polar surface area (TPSA) is 36.3 Å². The summed E-state index contributed by atoms with van der Waals surface area (Å²) in [7, 11) is 0. The molecule has 0 spiro atoms. The maximum absolute atomic E-state index is 8.49. The first-order chi connectivity index (χ1) is 7.88. The molecule has 3 fully saturated rings. The van der Waals surface area contributed by atoms with Crippen LogP contribution in [0.25, 0.3) is 0 Å². The third-order valence-electron chi connectivity index (χ3n) is 4.54. The Labute approximate surface area is 97.4 Å². The van der Waals surface area contributed by atoms with Crippen LogP contribution in [0.15, 0.2) is 0 Å². The van der Waals surface area contributed by atoms with Crippen LogP contribution in [0.2, 0.25) is 0 Å². The van der Waals surface area contributed by atoms with Crippen LogP contribution in [0.4, 0.5) is 0 Å². The predicted octanol–water partition coefficient (Wildman–Crippen LogP) is 1.79. The zero-order valence-electron chi connectivity index (χ0n) is 9.77. The summed E-state index contributed by atoms with van der Waals surface area (Å²) in [5.41, 5.74) is 0. The van der Waals surface area contributed by atoms with E-state index in [-0.39, 0.29) is 0 Å². The van der Waals surface area contributed by atoms with Crippen molar-refractivity contribution in [2.24, 2.45) is 11.8 Å². The van der Waals surface area contributed by atoms with E-state index in [1.54, 1.807) is 0 Å². The molecule has 3 heteroatoms. The molecule has 0 N–H and O–H groups in total. The fraction of sp³-hybridized carbons (Fsp3) is 0.923. The maximum Gasteiger partial charge on any atom is 0.0624 e. The van der Waals surface area contributed by atoms with Crippen LogP contribution in [0.5, 0.6) is 0 Å². The van der Waals surface area contributed by atoms with Crippen molar-refractivity contribution in [3.63, 3.8) is 0 Å². The summed E-state index contributed by atoms with van der Waals surface area (Å²) in [6.07, 6.45) is 6.73. The average Bonchev–Trinajstić information content (AvgIpc) is 2.95. The van der Waals surface area contributed by atoms with Crippen molar-refractivity contribution < 1.29 is 4.74 Å². The molecule has 16 heavy (non-hydrogen) atoms. The van der Waals surface area contributed by atoms with E-state index in [0.29, 0.717) is 12.2 Å². The van der Waals surface area contributed by atoms with Crippen molar-refractivity contribution in [1.29, 1.82) is 5.26 Å². The quantitative estimate of drug-likeness (QED) is 0.678. The SMILES string of the molecule is N#CCCCCN1C[C@@H]2[C@@H](C1)[C@H]1CC[C@H]2O1. The van der Waals surface area contributed by atoms with Crippen molar-refractivity contribution in [3.8, 4) is 6.07 Å². The second kappa shape index (κ2) is 4.35. The molecular formula is C13H20N2O. The molecule has 2 bridgehead atoms. The molecule has 3 saturated heterocycles. The highest BCUT2D eigenvalue weighted by atomic mass is 16.5. The minimum Gasteiger partial charge on any atom is -0.374 e. The van der Waals surface area contributed by atoms with Gasteiger partial charge in [0.2, 0.25) is 0 Å². The lowest BCUT2D eigenvalue weighted by molar-refractivity contribution is 0.0704. The Bertz CT molecular complexity index is 281. The Morgan fingerprint density at radius 1 is 1.12 bits per heavy atom. The van der Waals surface area contributed by atoms with Crippen LogP contribution in [-0.4, -0.2) is 36.7 Å². The van der Waals surface area contributed by atoms with Crippen LogP contribution >= 0.6 is 0 Å². The van der Waals surface area contributed by atoms with Gasteiger partial charge in [-0.05, 0) is 32.2 Å². The van der Waals surface area contributed by atoms with Gasteiger partial charge in [-0.1, -0.05) is 0 Å². The van der Waals surface area contributed by atoms with Gasteiger partial charge in [0, 0.05) is 31.3 Å². The summed E-state index contributed by atoms with van der Waals surface area (Å²) in [5.74, 6) is 1.66. The lowest BCUT2D eigenvalue weighted by atomic mass is 9.82. The first kappa shape index (κ1) is 10.6. The van der Waals surface area contributed by atoms with E-state index in [0.717, 1.165) is 24.7 Å². The highest BCUT2D eigenvalue weighted by molar-refractivity contribution is 5.02. The van der Waals surface area contributed by atoms with Crippen LogP contribution in [-0.2, 0) is 4.74 Å². The Morgan fingerprint density at radius 3 is 2.44 bits per heavy atom. The Hall–Kier alpha value is -0.590. The van der Waals surface area contributed by atoms with Crippen molar-refractivity contribution in [1.82, 2.24) is 4.90 Å². The number of hydrogen-bond acceptors (Lipinski definition) is 3. The molecule has 3 heterocycles. The number of ether oxygens (including phenoxy) is 1. The smallest absolute Gasteiger partial charge is 0.0624 e. The van der Waals surface area contributed by atoms with Crippen LogP contribution < -0.4 is 0 Å².